The van der Waals surface area contributed by atoms with E-state index in [-0.39, 0.29) is 11.5 Å². The van der Waals surface area contributed by atoms with E-state index in [0.717, 1.165) is 17.6 Å². The summed E-state index contributed by atoms with van der Waals surface area (Å²) in [6.07, 6.45) is 0.476. The number of ether oxygens (including phenoxy) is 2. The molecule has 0 heterocycles. The minimum absolute atomic E-state index is 0.115. The molecule has 26 heavy (non-hydrogen) atoms. The topological polar surface area (TPSA) is 84.9 Å². The molecule has 1 atom stereocenters. The zero-order valence-electron chi connectivity index (χ0n) is 15.0. The van der Waals surface area contributed by atoms with Crippen LogP contribution in [0, 0.1) is 6.92 Å². The molecule has 0 spiro atoms. The van der Waals surface area contributed by atoms with Crippen LogP contribution >= 0.6 is 0 Å². The Kier molecular flexibility index (Phi) is 7.44. The summed E-state index contributed by atoms with van der Waals surface area (Å²) < 4.78 is 33.9. The third-order valence-electron chi connectivity index (χ3n) is 3.61. The van der Waals surface area contributed by atoms with Gasteiger partial charge in [0.15, 0.2) is 9.84 Å². The zero-order valence-corrected chi connectivity index (χ0v) is 15.8. The molecule has 0 radical (unpaired) electrons. The fourth-order valence-corrected chi connectivity index (χ4v) is 2.88. The third kappa shape index (κ3) is 7.03. The molecule has 0 fully saturated rings. The van der Waals surface area contributed by atoms with Crippen molar-refractivity contribution in [1.82, 2.24) is 5.32 Å². The number of rotatable bonds is 10. The van der Waals surface area contributed by atoms with Gasteiger partial charge in [0.2, 0.25) is 0 Å². The van der Waals surface area contributed by atoms with Crippen LogP contribution < -0.4 is 14.8 Å². The first-order valence-corrected chi connectivity index (χ1v) is 10.2. The highest BCUT2D eigenvalue weighted by Crippen LogP contribution is 2.16. The van der Waals surface area contributed by atoms with Crippen LogP contribution in [-0.4, -0.2) is 52.2 Å². The Hall–Kier alpha value is -2.09. The SMILES string of the molecule is Cc1cccc(OCCNCC(O)COc2ccc(S(C)(=O)=O)cc2)c1. The van der Waals surface area contributed by atoms with Crippen LogP contribution in [0.15, 0.2) is 53.4 Å². The number of aliphatic hydroxyl groups is 1. The van der Waals surface area contributed by atoms with E-state index in [9.17, 15) is 13.5 Å². The molecule has 0 aliphatic rings. The van der Waals surface area contributed by atoms with Crippen molar-refractivity contribution in [2.45, 2.75) is 17.9 Å². The van der Waals surface area contributed by atoms with E-state index in [4.69, 9.17) is 9.47 Å². The Morgan fingerprint density at radius 2 is 1.81 bits per heavy atom. The Bertz CT molecular complexity index is 790. The summed E-state index contributed by atoms with van der Waals surface area (Å²) in [6, 6.07) is 14.0. The first-order valence-electron chi connectivity index (χ1n) is 8.36. The Balaban J connectivity index is 1.62. The standard InChI is InChI=1S/C19H25NO5S/c1-15-4-3-5-18(12-15)24-11-10-20-13-16(21)14-25-17-6-8-19(9-7-17)26(2,22)23/h3-9,12,16,20-21H,10-11,13-14H2,1-2H3. The van der Waals surface area contributed by atoms with Crippen molar-refractivity contribution in [1.29, 1.82) is 0 Å². The van der Waals surface area contributed by atoms with Gasteiger partial charge in [0, 0.05) is 19.3 Å². The lowest BCUT2D eigenvalue weighted by Crippen LogP contribution is -2.33. The predicted octanol–water partition coefficient (Wildman–Crippen LogP) is 1.81. The maximum Gasteiger partial charge on any atom is 0.175 e. The Labute approximate surface area is 154 Å². The smallest absolute Gasteiger partial charge is 0.175 e. The predicted molar refractivity (Wildman–Crippen MR) is 101 cm³/mol. The monoisotopic (exact) mass is 379 g/mol. The number of hydrogen-bond acceptors (Lipinski definition) is 6. The summed E-state index contributed by atoms with van der Waals surface area (Å²) in [5.41, 5.74) is 1.15. The first kappa shape index (κ1) is 20.2. The van der Waals surface area contributed by atoms with Crippen LogP contribution in [0.2, 0.25) is 0 Å². The summed E-state index contributed by atoms with van der Waals surface area (Å²) in [7, 11) is -3.22. The molecule has 2 N–H and O–H groups in total. The van der Waals surface area contributed by atoms with Gasteiger partial charge < -0.3 is 19.9 Å². The van der Waals surface area contributed by atoms with Gasteiger partial charge in [0.05, 0.1) is 4.90 Å². The molecule has 2 aromatic rings. The molecular weight excluding hydrogens is 354 g/mol. The van der Waals surface area contributed by atoms with Gasteiger partial charge in [-0.2, -0.15) is 0 Å². The second kappa shape index (κ2) is 9.56. The normalized spacial score (nSPS) is 12.6. The van der Waals surface area contributed by atoms with Gasteiger partial charge >= 0.3 is 0 Å². The number of nitrogens with one attached hydrogen (secondary N) is 1. The molecule has 2 aromatic carbocycles. The van der Waals surface area contributed by atoms with Crippen LogP contribution in [0.25, 0.3) is 0 Å². The van der Waals surface area contributed by atoms with Crippen LogP contribution in [0.5, 0.6) is 11.5 Å². The lowest BCUT2D eigenvalue weighted by Gasteiger charge is -2.14. The molecule has 0 aliphatic heterocycles. The van der Waals surface area contributed by atoms with E-state index in [2.05, 4.69) is 5.32 Å². The summed E-state index contributed by atoms with van der Waals surface area (Å²) in [5, 5.41) is 13.0. The molecule has 0 saturated carbocycles. The number of aliphatic hydroxyl groups excluding tert-OH is 1. The molecule has 0 aliphatic carbocycles. The summed E-state index contributed by atoms with van der Waals surface area (Å²) in [5.74, 6) is 1.34. The van der Waals surface area contributed by atoms with Gasteiger partial charge in [-0.1, -0.05) is 12.1 Å². The van der Waals surface area contributed by atoms with Crippen molar-refractivity contribution in [2.75, 3.05) is 32.6 Å². The van der Waals surface area contributed by atoms with Crippen molar-refractivity contribution in [2.24, 2.45) is 0 Å². The van der Waals surface area contributed by atoms with Crippen LogP contribution in [0.3, 0.4) is 0 Å². The third-order valence-corrected chi connectivity index (χ3v) is 4.74. The van der Waals surface area contributed by atoms with Crippen LogP contribution in [0.1, 0.15) is 5.56 Å². The van der Waals surface area contributed by atoms with Crippen molar-refractivity contribution in [3.05, 3.63) is 54.1 Å². The molecule has 0 aromatic heterocycles. The second-order valence-corrected chi connectivity index (χ2v) is 8.09. The number of hydrogen-bond donors (Lipinski definition) is 2. The van der Waals surface area contributed by atoms with Gasteiger partial charge in [-0.3, -0.25) is 0 Å². The van der Waals surface area contributed by atoms with Crippen LogP contribution in [-0.2, 0) is 9.84 Å². The summed E-state index contributed by atoms with van der Waals surface area (Å²) in [4.78, 5) is 0.237. The van der Waals surface area contributed by atoms with E-state index < -0.39 is 15.9 Å². The molecule has 0 amide bonds. The quantitative estimate of drug-likeness (QED) is 0.613. The maximum absolute atomic E-state index is 11.4. The van der Waals surface area contributed by atoms with Crippen LogP contribution in [0.4, 0.5) is 0 Å². The van der Waals surface area contributed by atoms with Crippen molar-refractivity contribution >= 4 is 9.84 Å². The fourth-order valence-electron chi connectivity index (χ4n) is 2.25. The van der Waals surface area contributed by atoms with E-state index in [1.165, 1.54) is 12.1 Å². The van der Waals surface area contributed by atoms with E-state index in [1.54, 1.807) is 12.1 Å². The summed E-state index contributed by atoms with van der Waals surface area (Å²) in [6.45, 7) is 3.61. The van der Waals surface area contributed by atoms with E-state index in [1.807, 2.05) is 31.2 Å². The molecular formula is C19H25NO5S. The molecule has 0 saturated heterocycles. The van der Waals surface area contributed by atoms with Crippen molar-refractivity contribution in [3.8, 4) is 11.5 Å². The van der Waals surface area contributed by atoms with Crippen molar-refractivity contribution < 1.29 is 23.0 Å². The lowest BCUT2D eigenvalue weighted by molar-refractivity contribution is 0.105. The maximum atomic E-state index is 11.4. The molecule has 7 heteroatoms. The highest BCUT2D eigenvalue weighted by Gasteiger charge is 2.08. The van der Waals surface area contributed by atoms with Gasteiger partial charge in [0.1, 0.15) is 30.8 Å². The van der Waals surface area contributed by atoms with E-state index >= 15 is 0 Å². The zero-order chi connectivity index (χ0) is 19.0. The fraction of sp³-hybridized carbons (Fsp3) is 0.368. The Morgan fingerprint density at radius 3 is 2.46 bits per heavy atom. The lowest BCUT2D eigenvalue weighted by atomic mass is 10.2. The molecule has 6 nitrogen and oxygen atoms in total. The van der Waals surface area contributed by atoms with Gasteiger partial charge in [-0.15, -0.1) is 0 Å². The number of sulfone groups is 1. The largest absolute Gasteiger partial charge is 0.492 e. The van der Waals surface area contributed by atoms with Crippen molar-refractivity contribution in [3.63, 3.8) is 0 Å². The molecule has 1 unspecified atom stereocenters. The first-order chi connectivity index (χ1) is 12.3. The minimum Gasteiger partial charge on any atom is -0.492 e. The minimum atomic E-state index is -3.22. The highest BCUT2D eigenvalue weighted by molar-refractivity contribution is 7.90. The molecule has 0 bridgehead atoms. The highest BCUT2D eigenvalue weighted by atomic mass is 32.2. The van der Waals surface area contributed by atoms with Gasteiger partial charge in [-0.25, -0.2) is 8.42 Å². The Morgan fingerprint density at radius 1 is 1.08 bits per heavy atom. The molecule has 142 valence electrons. The number of aryl methyl sites for hydroxylation is 1. The summed E-state index contributed by atoms with van der Waals surface area (Å²) >= 11 is 0. The average Bonchev–Trinajstić information content (AvgIpc) is 2.59. The van der Waals surface area contributed by atoms with Gasteiger partial charge in [0.25, 0.3) is 0 Å². The second-order valence-electron chi connectivity index (χ2n) is 6.08. The van der Waals surface area contributed by atoms with E-state index in [0.29, 0.717) is 25.4 Å². The van der Waals surface area contributed by atoms with Gasteiger partial charge in [-0.05, 0) is 48.9 Å². The molecule has 2 rings (SSSR count). The number of benzene rings is 2. The average molecular weight is 379 g/mol.